The van der Waals surface area contributed by atoms with Crippen LogP contribution in [0.15, 0.2) is 0 Å². The van der Waals surface area contributed by atoms with E-state index in [2.05, 4.69) is 41.5 Å². The number of ether oxygens (including phenoxy) is 2. The molecule has 0 aromatic rings. The topological polar surface area (TPSA) is 55.8 Å². The van der Waals surface area contributed by atoms with Gasteiger partial charge in [-0.05, 0) is 56.3 Å². The van der Waals surface area contributed by atoms with Gasteiger partial charge in [-0.25, -0.2) is 0 Å². The van der Waals surface area contributed by atoms with Gasteiger partial charge >= 0.3 is 5.97 Å². The van der Waals surface area contributed by atoms with Gasteiger partial charge in [0.15, 0.2) is 0 Å². The van der Waals surface area contributed by atoms with E-state index in [1.165, 1.54) is 19.3 Å². The largest absolute Gasteiger partial charge is 0.458 e. The molecular weight excluding hydrogens is 376 g/mol. The van der Waals surface area contributed by atoms with E-state index in [4.69, 9.17) is 9.47 Å². The molecule has 0 aromatic carbocycles. The van der Waals surface area contributed by atoms with Gasteiger partial charge in [0, 0.05) is 12.8 Å². The van der Waals surface area contributed by atoms with Crippen molar-refractivity contribution >= 4 is 5.97 Å². The second-order valence-corrected chi connectivity index (χ2v) is 13.4. The molecule has 0 bridgehead atoms. The first-order valence-corrected chi connectivity index (χ1v) is 12.5. The second kappa shape index (κ2) is 6.04. The average molecular weight is 419 g/mol. The Morgan fingerprint density at radius 1 is 1.03 bits per heavy atom. The van der Waals surface area contributed by atoms with Crippen LogP contribution in [0, 0.1) is 28.1 Å². The van der Waals surface area contributed by atoms with Crippen LogP contribution in [-0.4, -0.2) is 34.0 Å². The molecule has 5 fully saturated rings. The standard InChI is InChI=1S/C26H42O4/c1-17(2)22(6,14-21(3,4)5)20(27)30-25-13-18-12-24(29-19-10-8-7-9-11-19)15-23(28,16-25)26(18,24)25/h17-19,28H,7-16H2,1-6H3. The molecule has 0 saturated heterocycles. The Kier molecular flexibility index (Phi) is 4.28. The third-order valence-corrected chi connectivity index (χ3v) is 9.96. The highest BCUT2D eigenvalue weighted by molar-refractivity contribution is 5.78. The Hall–Kier alpha value is -0.610. The van der Waals surface area contributed by atoms with Gasteiger partial charge in [-0.3, -0.25) is 4.79 Å². The molecule has 4 heteroatoms. The molecule has 1 spiro atoms. The number of hydrogen-bond donors (Lipinski definition) is 1. The average Bonchev–Trinajstić information content (AvgIpc) is 2.57. The first-order chi connectivity index (χ1) is 13.8. The van der Waals surface area contributed by atoms with E-state index in [-0.39, 0.29) is 28.3 Å². The third kappa shape index (κ3) is 2.33. The maximum Gasteiger partial charge on any atom is 0.312 e. The first-order valence-electron chi connectivity index (χ1n) is 12.5. The molecule has 5 aliphatic rings. The number of carbonyl (C=O) groups excluding carboxylic acids is 1. The zero-order valence-corrected chi connectivity index (χ0v) is 20.0. The second-order valence-electron chi connectivity index (χ2n) is 13.4. The molecule has 5 rings (SSSR count). The zero-order chi connectivity index (χ0) is 21.8. The van der Waals surface area contributed by atoms with Crippen LogP contribution in [0.2, 0.25) is 0 Å². The highest BCUT2D eigenvalue weighted by Crippen LogP contribution is 2.93. The van der Waals surface area contributed by atoms with Crippen molar-refractivity contribution in [1.82, 2.24) is 0 Å². The van der Waals surface area contributed by atoms with Gasteiger partial charge in [-0.1, -0.05) is 53.9 Å². The van der Waals surface area contributed by atoms with E-state index in [1.54, 1.807) is 0 Å². The van der Waals surface area contributed by atoms with E-state index in [0.717, 1.165) is 38.5 Å². The van der Waals surface area contributed by atoms with Crippen molar-refractivity contribution in [2.24, 2.45) is 28.1 Å². The lowest BCUT2D eigenvalue weighted by molar-refractivity contribution is -0.558. The summed E-state index contributed by atoms with van der Waals surface area (Å²) in [6.07, 6.45) is 10.6. The molecule has 6 atom stereocenters. The van der Waals surface area contributed by atoms with Crippen LogP contribution in [0.5, 0.6) is 0 Å². The molecule has 1 N–H and O–H groups in total. The lowest BCUT2D eigenvalue weighted by Gasteiger charge is -2.95. The van der Waals surface area contributed by atoms with Crippen molar-refractivity contribution in [2.45, 2.75) is 129 Å². The molecule has 0 aromatic heterocycles. The number of hydrogen-bond acceptors (Lipinski definition) is 4. The number of carbonyl (C=O) groups is 1. The summed E-state index contributed by atoms with van der Waals surface area (Å²) >= 11 is 0. The van der Waals surface area contributed by atoms with Crippen LogP contribution >= 0.6 is 0 Å². The summed E-state index contributed by atoms with van der Waals surface area (Å²) in [5, 5.41) is 11.4. The molecule has 6 unspecified atom stereocenters. The molecule has 0 amide bonds. The Morgan fingerprint density at radius 3 is 2.17 bits per heavy atom. The summed E-state index contributed by atoms with van der Waals surface area (Å²) in [6.45, 7) is 12.9. The quantitative estimate of drug-likeness (QED) is 0.587. The maximum absolute atomic E-state index is 13.6. The van der Waals surface area contributed by atoms with Gasteiger partial charge in [0.25, 0.3) is 0 Å². The van der Waals surface area contributed by atoms with Crippen molar-refractivity contribution in [3.05, 3.63) is 0 Å². The maximum atomic E-state index is 13.6. The normalized spacial score (nSPS) is 46.3. The Bertz CT molecular complexity index is 749. The minimum absolute atomic E-state index is 0.0529. The molecule has 0 aliphatic heterocycles. The SMILES string of the molecule is CC(C)C(C)(CC(C)(C)C)C(=O)OC12CC3CC4(OC5CCCCC5)CC(O)(C1)C324. The summed E-state index contributed by atoms with van der Waals surface area (Å²) in [4.78, 5) is 13.6. The number of aliphatic hydroxyl groups is 1. The first kappa shape index (κ1) is 21.2. The zero-order valence-electron chi connectivity index (χ0n) is 20.0. The Balaban J connectivity index is 1.36. The van der Waals surface area contributed by atoms with Crippen molar-refractivity contribution in [1.29, 1.82) is 0 Å². The highest BCUT2D eigenvalue weighted by atomic mass is 16.6. The molecule has 30 heavy (non-hydrogen) atoms. The van der Waals surface area contributed by atoms with Crippen LogP contribution < -0.4 is 0 Å². The number of rotatable bonds is 6. The number of esters is 1. The molecule has 170 valence electrons. The predicted octanol–water partition coefficient (Wildman–Crippen LogP) is 5.40. The molecule has 0 radical (unpaired) electrons. The summed E-state index contributed by atoms with van der Waals surface area (Å²) in [6, 6.07) is 0. The van der Waals surface area contributed by atoms with Gasteiger partial charge in [0.1, 0.15) is 5.60 Å². The van der Waals surface area contributed by atoms with Crippen molar-refractivity contribution in [3.63, 3.8) is 0 Å². The minimum atomic E-state index is -0.665. The van der Waals surface area contributed by atoms with Crippen LogP contribution in [0.1, 0.15) is 106 Å². The van der Waals surface area contributed by atoms with E-state index in [0.29, 0.717) is 18.4 Å². The summed E-state index contributed by atoms with van der Waals surface area (Å²) < 4.78 is 13.2. The van der Waals surface area contributed by atoms with E-state index >= 15 is 0 Å². The minimum Gasteiger partial charge on any atom is -0.458 e. The van der Waals surface area contributed by atoms with Crippen molar-refractivity contribution in [3.8, 4) is 0 Å². The van der Waals surface area contributed by atoms with Gasteiger partial charge in [0.2, 0.25) is 0 Å². The van der Waals surface area contributed by atoms with Crippen molar-refractivity contribution in [2.75, 3.05) is 0 Å². The summed E-state index contributed by atoms with van der Waals surface area (Å²) in [5.41, 5.74) is -2.15. The Morgan fingerprint density at radius 2 is 1.63 bits per heavy atom. The van der Waals surface area contributed by atoms with Gasteiger partial charge in [-0.2, -0.15) is 0 Å². The molecule has 0 heterocycles. The van der Waals surface area contributed by atoms with E-state index in [9.17, 15) is 9.90 Å². The van der Waals surface area contributed by atoms with Crippen LogP contribution in [0.4, 0.5) is 0 Å². The van der Waals surface area contributed by atoms with Crippen LogP contribution in [-0.2, 0) is 14.3 Å². The monoisotopic (exact) mass is 418 g/mol. The highest BCUT2D eigenvalue weighted by Gasteiger charge is 3.02. The molecule has 4 nitrogen and oxygen atoms in total. The molecule has 5 aliphatic carbocycles. The Labute approximate surface area is 182 Å². The fraction of sp³-hybridized carbons (Fsp3) is 0.962. The molecule has 5 saturated carbocycles. The van der Waals surface area contributed by atoms with E-state index < -0.39 is 16.6 Å². The predicted molar refractivity (Wildman–Crippen MR) is 116 cm³/mol. The van der Waals surface area contributed by atoms with Crippen molar-refractivity contribution < 1.29 is 19.4 Å². The third-order valence-electron chi connectivity index (χ3n) is 9.96. The van der Waals surface area contributed by atoms with Gasteiger partial charge in [-0.15, -0.1) is 0 Å². The summed E-state index contributed by atoms with van der Waals surface area (Å²) in [5.74, 6) is 0.612. The summed E-state index contributed by atoms with van der Waals surface area (Å²) in [7, 11) is 0. The van der Waals surface area contributed by atoms with Gasteiger partial charge < -0.3 is 14.6 Å². The van der Waals surface area contributed by atoms with E-state index in [1.807, 2.05) is 0 Å². The van der Waals surface area contributed by atoms with Crippen LogP contribution in [0.3, 0.4) is 0 Å². The van der Waals surface area contributed by atoms with Crippen LogP contribution in [0.25, 0.3) is 0 Å². The molecular formula is C26H42O4. The fourth-order valence-electron chi connectivity index (χ4n) is 8.87. The smallest absolute Gasteiger partial charge is 0.312 e. The lowest BCUT2D eigenvalue weighted by Crippen LogP contribution is -3.04. The fourth-order valence-corrected chi connectivity index (χ4v) is 8.87. The van der Waals surface area contributed by atoms with Gasteiger partial charge in [0.05, 0.1) is 28.1 Å². The lowest BCUT2D eigenvalue weighted by atomic mass is 9.13.